The Balaban J connectivity index is 0.00000220. The molecular weight excluding hydrogens is 375 g/mol. The molecule has 0 spiro atoms. The minimum Gasteiger partial charge on any atom is -0.370 e. The van der Waals surface area contributed by atoms with Gasteiger partial charge in [0.05, 0.1) is 0 Å². The van der Waals surface area contributed by atoms with Crippen molar-refractivity contribution in [2.45, 2.75) is 39.2 Å². The Morgan fingerprint density at radius 3 is 2.90 bits per heavy atom. The molecule has 0 fully saturated rings. The van der Waals surface area contributed by atoms with E-state index in [9.17, 15) is 0 Å². The van der Waals surface area contributed by atoms with Crippen molar-refractivity contribution in [2.24, 2.45) is 10.7 Å². The van der Waals surface area contributed by atoms with Gasteiger partial charge in [-0.05, 0) is 37.8 Å². The monoisotopic (exact) mass is 400 g/mol. The van der Waals surface area contributed by atoms with E-state index in [4.69, 9.17) is 5.73 Å². The number of para-hydroxylation sites is 1. The molecule has 0 aliphatic rings. The van der Waals surface area contributed by atoms with E-state index in [1.165, 1.54) is 16.5 Å². The van der Waals surface area contributed by atoms with Gasteiger partial charge in [0.1, 0.15) is 0 Å². The molecular formula is C16H25IN4. The predicted molar refractivity (Wildman–Crippen MR) is 101 cm³/mol. The summed E-state index contributed by atoms with van der Waals surface area (Å²) in [5.41, 5.74) is 8.38. The number of benzene rings is 1. The van der Waals surface area contributed by atoms with Crippen molar-refractivity contribution in [1.82, 2.24) is 10.3 Å². The largest absolute Gasteiger partial charge is 0.370 e. The van der Waals surface area contributed by atoms with E-state index in [1.807, 2.05) is 6.07 Å². The summed E-state index contributed by atoms with van der Waals surface area (Å²) in [6.07, 6.45) is 5.16. The van der Waals surface area contributed by atoms with E-state index in [1.54, 1.807) is 0 Å². The topological polar surface area (TPSA) is 66.2 Å². The summed E-state index contributed by atoms with van der Waals surface area (Å²) in [5.74, 6) is 0.554. The molecule has 2 aromatic rings. The first-order valence-corrected chi connectivity index (χ1v) is 7.32. The molecule has 0 saturated heterocycles. The zero-order valence-electron chi connectivity index (χ0n) is 12.7. The lowest BCUT2D eigenvalue weighted by Gasteiger charge is -2.11. The third kappa shape index (κ3) is 5.22. The SMILES string of the molecule is CCC(C)NC(N)=NCCCc1c[nH]c2ccccc12.I. The lowest BCUT2D eigenvalue weighted by Crippen LogP contribution is -2.38. The molecule has 4 nitrogen and oxygen atoms in total. The molecule has 0 aliphatic carbocycles. The molecule has 1 atom stereocenters. The van der Waals surface area contributed by atoms with Crippen molar-refractivity contribution >= 4 is 40.8 Å². The lowest BCUT2D eigenvalue weighted by atomic mass is 10.1. The summed E-state index contributed by atoms with van der Waals surface area (Å²) in [4.78, 5) is 7.66. The Hall–Kier alpha value is -1.24. The van der Waals surface area contributed by atoms with Crippen LogP contribution in [0.3, 0.4) is 0 Å². The predicted octanol–water partition coefficient (Wildman–Crippen LogP) is 3.42. The Kier molecular flexibility index (Phi) is 7.56. The Bertz CT molecular complexity index is 576. The summed E-state index contributed by atoms with van der Waals surface area (Å²) in [6.45, 7) is 4.99. The minimum absolute atomic E-state index is 0. The molecule has 1 heterocycles. The van der Waals surface area contributed by atoms with Crippen LogP contribution in [0.15, 0.2) is 35.5 Å². The van der Waals surface area contributed by atoms with Crippen LogP contribution in [0.1, 0.15) is 32.3 Å². The first-order chi connectivity index (χ1) is 9.70. The lowest BCUT2D eigenvalue weighted by molar-refractivity contribution is 0.635. The smallest absolute Gasteiger partial charge is 0.188 e. The maximum absolute atomic E-state index is 5.83. The highest BCUT2D eigenvalue weighted by molar-refractivity contribution is 14.0. The standard InChI is InChI=1S/C16H24N4.HI/c1-3-12(2)20-16(17)18-10-6-7-13-11-19-15-9-5-4-8-14(13)15;/h4-5,8-9,11-12,19H,3,6-7,10H2,1-2H3,(H3,17,18,20);1H. The maximum Gasteiger partial charge on any atom is 0.188 e. The molecule has 116 valence electrons. The second-order valence-electron chi connectivity index (χ2n) is 5.18. The van der Waals surface area contributed by atoms with Crippen LogP contribution in [0.5, 0.6) is 0 Å². The van der Waals surface area contributed by atoms with Crippen LogP contribution < -0.4 is 11.1 Å². The molecule has 4 N–H and O–H groups in total. The highest BCUT2D eigenvalue weighted by Crippen LogP contribution is 2.18. The number of aromatic amines is 1. The molecule has 0 bridgehead atoms. The van der Waals surface area contributed by atoms with Crippen LogP contribution in [0.25, 0.3) is 10.9 Å². The Morgan fingerprint density at radius 2 is 2.14 bits per heavy atom. The number of hydrogen-bond donors (Lipinski definition) is 3. The first kappa shape index (κ1) is 17.8. The summed E-state index contributed by atoms with van der Waals surface area (Å²) >= 11 is 0. The normalized spacial score (nSPS) is 13.0. The minimum atomic E-state index is 0. The molecule has 0 aliphatic heterocycles. The summed E-state index contributed by atoms with van der Waals surface area (Å²) in [5, 5.41) is 4.48. The summed E-state index contributed by atoms with van der Waals surface area (Å²) in [6, 6.07) is 8.77. The van der Waals surface area contributed by atoms with Crippen LogP contribution in [0, 0.1) is 0 Å². The Morgan fingerprint density at radius 1 is 1.38 bits per heavy atom. The van der Waals surface area contributed by atoms with Gasteiger partial charge in [-0.1, -0.05) is 25.1 Å². The van der Waals surface area contributed by atoms with Gasteiger partial charge < -0.3 is 16.0 Å². The second kappa shape index (κ2) is 8.92. The summed E-state index contributed by atoms with van der Waals surface area (Å²) < 4.78 is 0. The van der Waals surface area contributed by atoms with Gasteiger partial charge in [-0.2, -0.15) is 0 Å². The average molecular weight is 400 g/mol. The molecule has 0 radical (unpaired) electrons. The molecule has 0 saturated carbocycles. The van der Waals surface area contributed by atoms with Crippen molar-refractivity contribution < 1.29 is 0 Å². The van der Waals surface area contributed by atoms with Crippen molar-refractivity contribution in [3.63, 3.8) is 0 Å². The first-order valence-electron chi connectivity index (χ1n) is 7.32. The number of halogens is 1. The average Bonchev–Trinajstić information content (AvgIpc) is 2.87. The van der Waals surface area contributed by atoms with Gasteiger partial charge in [-0.3, -0.25) is 4.99 Å². The van der Waals surface area contributed by atoms with Crippen LogP contribution in [-0.4, -0.2) is 23.5 Å². The van der Waals surface area contributed by atoms with Crippen molar-refractivity contribution in [1.29, 1.82) is 0 Å². The number of guanidine groups is 1. The van der Waals surface area contributed by atoms with E-state index >= 15 is 0 Å². The van der Waals surface area contributed by atoms with Crippen LogP contribution >= 0.6 is 24.0 Å². The zero-order valence-corrected chi connectivity index (χ0v) is 15.1. The number of fused-ring (bicyclic) bond motifs is 1. The quantitative estimate of drug-likeness (QED) is 0.301. The molecule has 1 aromatic carbocycles. The van der Waals surface area contributed by atoms with Gasteiger partial charge in [-0.25, -0.2) is 0 Å². The zero-order chi connectivity index (χ0) is 14.4. The van der Waals surface area contributed by atoms with E-state index < -0.39 is 0 Å². The van der Waals surface area contributed by atoms with Gasteiger partial charge >= 0.3 is 0 Å². The van der Waals surface area contributed by atoms with E-state index in [0.717, 1.165) is 25.8 Å². The number of nitrogens with zero attached hydrogens (tertiary/aromatic N) is 1. The van der Waals surface area contributed by atoms with Crippen molar-refractivity contribution in [2.75, 3.05) is 6.54 Å². The van der Waals surface area contributed by atoms with Crippen LogP contribution in [0.4, 0.5) is 0 Å². The molecule has 1 unspecified atom stereocenters. The number of aryl methyl sites for hydroxylation is 1. The molecule has 0 amide bonds. The number of H-pyrrole nitrogens is 1. The van der Waals surface area contributed by atoms with E-state index in [0.29, 0.717) is 12.0 Å². The fourth-order valence-corrected chi connectivity index (χ4v) is 2.21. The van der Waals surface area contributed by atoms with Gasteiger partial charge in [0.2, 0.25) is 0 Å². The molecule has 2 rings (SSSR count). The van der Waals surface area contributed by atoms with E-state index in [-0.39, 0.29) is 24.0 Å². The fourth-order valence-electron chi connectivity index (χ4n) is 2.21. The second-order valence-corrected chi connectivity index (χ2v) is 5.18. The molecule has 1 aromatic heterocycles. The third-order valence-corrected chi connectivity index (χ3v) is 3.57. The summed E-state index contributed by atoms with van der Waals surface area (Å²) in [7, 11) is 0. The van der Waals surface area contributed by atoms with Crippen molar-refractivity contribution in [3.05, 3.63) is 36.0 Å². The van der Waals surface area contributed by atoms with Gasteiger partial charge in [0.25, 0.3) is 0 Å². The maximum atomic E-state index is 5.83. The number of aliphatic imine (C=N–C) groups is 1. The molecule has 5 heteroatoms. The highest BCUT2D eigenvalue weighted by Gasteiger charge is 2.02. The number of aromatic nitrogens is 1. The highest BCUT2D eigenvalue weighted by atomic mass is 127. The van der Waals surface area contributed by atoms with Gasteiger partial charge in [-0.15, -0.1) is 24.0 Å². The third-order valence-electron chi connectivity index (χ3n) is 3.57. The van der Waals surface area contributed by atoms with Crippen LogP contribution in [-0.2, 0) is 6.42 Å². The van der Waals surface area contributed by atoms with Crippen LogP contribution in [0.2, 0.25) is 0 Å². The molecule has 21 heavy (non-hydrogen) atoms. The van der Waals surface area contributed by atoms with Crippen molar-refractivity contribution in [3.8, 4) is 0 Å². The fraction of sp³-hybridized carbons (Fsp3) is 0.438. The number of nitrogens with two attached hydrogens (primary N) is 1. The number of nitrogens with one attached hydrogen (secondary N) is 2. The Labute approximate surface area is 143 Å². The van der Waals surface area contributed by atoms with E-state index in [2.05, 4.69) is 53.5 Å². The van der Waals surface area contributed by atoms with Gasteiger partial charge in [0, 0.05) is 29.7 Å². The number of rotatable bonds is 6. The number of hydrogen-bond acceptors (Lipinski definition) is 1. The van der Waals surface area contributed by atoms with Gasteiger partial charge in [0.15, 0.2) is 5.96 Å².